The minimum atomic E-state index is -1.04. The number of piperazine rings is 1. The highest BCUT2D eigenvalue weighted by atomic mass is 19.1. The van der Waals surface area contributed by atoms with Gasteiger partial charge in [-0.05, 0) is 31.2 Å². The summed E-state index contributed by atoms with van der Waals surface area (Å²) in [5, 5.41) is 0. The Kier molecular flexibility index (Phi) is 5.69. The molecule has 1 atom stereocenters. The maximum absolute atomic E-state index is 13.2. The Morgan fingerprint density at radius 2 is 1.56 bits per heavy atom. The summed E-state index contributed by atoms with van der Waals surface area (Å²) in [4.78, 5) is 28.4. The summed E-state index contributed by atoms with van der Waals surface area (Å²) in [7, 11) is 0. The molecule has 1 aliphatic heterocycles. The third-order valence-corrected chi connectivity index (χ3v) is 4.44. The lowest BCUT2D eigenvalue weighted by atomic mass is 10.2. The van der Waals surface area contributed by atoms with Crippen LogP contribution in [0, 0.1) is 11.6 Å². The topological polar surface area (TPSA) is 49.9 Å². The van der Waals surface area contributed by atoms with E-state index < -0.39 is 23.7 Å². The van der Waals surface area contributed by atoms with E-state index >= 15 is 0 Å². The summed E-state index contributed by atoms with van der Waals surface area (Å²) in [6.45, 7) is 3.81. The number of rotatable bonds is 4. The normalized spacial score (nSPS) is 15.4. The summed E-state index contributed by atoms with van der Waals surface area (Å²) >= 11 is 0. The summed E-state index contributed by atoms with van der Waals surface area (Å²) in [5.41, 5.74) is 0.832. The van der Waals surface area contributed by atoms with Gasteiger partial charge in [0.05, 0.1) is 5.56 Å². The molecule has 27 heavy (non-hydrogen) atoms. The third-order valence-electron chi connectivity index (χ3n) is 4.44. The van der Waals surface area contributed by atoms with Crippen molar-refractivity contribution in [1.82, 2.24) is 4.90 Å². The van der Waals surface area contributed by atoms with E-state index in [0.717, 1.165) is 17.8 Å². The van der Waals surface area contributed by atoms with Gasteiger partial charge in [0.25, 0.3) is 5.91 Å². The molecule has 1 saturated heterocycles. The standard InChI is InChI=1S/C20H20F2N2O3/c1-14(27-20(26)15-11-16(21)13-17(22)12-15)19(25)24-9-7-23(8-10-24)18-5-3-2-4-6-18/h2-6,11-14H,7-10H2,1H3/t14-/m1/s1. The predicted molar refractivity (Wildman–Crippen MR) is 96.5 cm³/mol. The molecule has 3 rings (SSSR count). The molecule has 0 aromatic heterocycles. The Bertz CT molecular complexity index is 801. The molecule has 0 unspecified atom stereocenters. The molecule has 0 N–H and O–H groups in total. The van der Waals surface area contributed by atoms with Gasteiger partial charge in [0, 0.05) is 37.9 Å². The maximum atomic E-state index is 13.2. The SMILES string of the molecule is C[C@@H](OC(=O)c1cc(F)cc(F)c1)C(=O)N1CCN(c2ccccc2)CC1. The van der Waals surface area contributed by atoms with E-state index in [1.54, 1.807) is 4.90 Å². The third kappa shape index (κ3) is 4.61. The van der Waals surface area contributed by atoms with Crippen molar-refractivity contribution in [2.45, 2.75) is 13.0 Å². The summed E-state index contributed by atoms with van der Waals surface area (Å²) in [5.74, 6) is -3.01. The molecule has 1 amide bonds. The smallest absolute Gasteiger partial charge is 0.339 e. The Balaban J connectivity index is 1.55. The average molecular weight is 374 g/mol. The van der Waals surface area contributed by atoms with Gasteiger partial charge in [-0.2, -0.15) is 0 Å². The molecule has 7 heteroatoms. The van der Waals surface area contributed by atoms with Crippen LogP contribution in [0.1, 0.15) is 17.3 Å². The Morgan fingerprint density at radius 1 is 0.963 bits per heavy atom. The average Bonchev–Trinajstić information content (AvgIpc) is 2.67. The Morgan fingerprint density at radius 3 is 2.15 bits per heavy atom. The second kappa shape index (κ2) is 8.16. The van der Waals surface area contributed by atoms with Crippen LogP contribution in [0.3, 0.4) is 0 Å². The van der Waals surface area contributed by atoms with Crippen molar-refractivity contribution < 1.29 is 23.1 Å². The maximum Gasteiger partial charge on any atom is 0.339 e. The lowest BCUT2D eigenvalue weighted by Crippen LogP contribution is -2.51. The van der Waals surface area contributed by atoms with Crippen LogP contribution < -0.4 is 4.90 Å². The van der Waals surface area contributed by atoms with E-state index in [1.807, 2.05) is 30.3 Å². The fraction of sp³-hybridized carbons (Fsp3) is 0.300. The number of ether oxygens (including phenoxy) is 1. The van der Waals surface area contributed by atoms with Gasteiger partial charge in [-0.1, -0.05) is 18.2 Å². The molecule has 0 aliphatic carbocycles. The number of esters is 1. The second-order valence-corrected chi connectivity index (χ2v) is 6.35. The van der Waals surface area contributed by atoms with Crippen molar-refractivity contribution in [3.05, 3.63) is 65.7 Å². The lowest BCUT2D eigenvalue weighted by molar-refractivity contribution is -0.140. The first-order valence-corrected chi connectivity index (χ1v) is 8.70. The lowest BCUT2D eigenvalue weighted by Gasteiger charge is -2.37. The fourth-order valence-corrected chi connectivity index (χ4v) is 3.03. The zero-order valence-electron chi connectivity index (χ0n) is 14.9. The molecule has 0 bridgehead atoms. The number of hydrogen-bond donors (Lipinski definition) is 0. The van der Waals surface area contributed by atoms with E-state index in [4.69, 9.17) is 4.74 Å². The molecule has 5 nitrogen and oxygen atoms in total. The minimum Gasteiger partial charge on any atom is -0.449 e. The van der Waals surface area contributed by atoms with Gasteiger partial charge < -0.3 is 14.5 Å². The number of carbonyl (C=O) groups is 2. The number of anilines is 1. The molecule has 1 fully saturated rings. The van der Waals surface area contributed by atoms with Crippen LogP contribution in [-0.2, 0) is 9.53 Å². The van der Waals surface area contributed by atoms with E-state index in [1.165, 1.54) is 6.92 Å². The molecule has 2 aromatic carbocycles. The van der Waals surface area contributed by atoms with Crippen molar-refractivity contribution in [3.63, 3.8) is 0 Å². The van der Waals surface area contributed by atoms with Crippen molar-refractivity contribution in [2.24, 2.45) is 0 Å². The molecular weight excluding hydrogens is 354 g/mol. The number of amides is 1. The van der Waals surface area contributed by atoms with Crippen LogP contribution in [0.4, 0.5) is 14.5 Å². The van der Waals surface area contributed by atoms with Gasteiger partial charge in [0.2, 0.25) is 0 Å². The quantitative estimate of drug-likeness (QED) is 0.773. The Hall–Kier alpha value is -2.96. The highest BCUT2D eigenvalue weighted by Crippen LogP contribution is 2.17. The summed E-state index contributed by atoms with van der Waals surface area (Å²) in [6.07, 6.45) is -1.04. The van der Waals surface area contributed by atoms with E-state index in [0.29, 0.717) is 32.2 Å². The number of carbonyl (C=O) groups excluding carboxylic acids is 2. The van der Waals surface area contributed by atoms with Crippen LogP contribution in [0.5, 0.6) is 0 Å². The first-order valence-electron chi connectivity index (χ1n) is 8.70. The molecular formula is C20H20F2N2O3. The van der Waals surface area contributed by atoms with Crippen molar-refractivity contribution in [1.29, 1.82) is 0 Å². The van der Waals surface area contributed by atoms with Gasteiger partial charge in [0.1, 0.15) is 11.6 Å². The highest BCUT2D eigenvalue weighted by molar-refractivity contribution is 5.92. The highest BCUT2D eigenvalue weighted by Gasteiger charge is 2.27. The van der Waals surface area contributed by atoms with Crippen LogP contribution in [-0.4, -0.2) is 49.1 Å². The van der Waals surface area contributed by atoms with Crippen molar-refractivity contribution >= 4 is 17.6 Å². The number of hydrogen-bond acceptors (Lipinski definition) is 4. The van der Waals surface area contributed by atoms with Gasteiger partial charge in [0.15, 0.2) is 6.10 Å². The van der Waals surface area contributed by atoms with Crippen LogP contribution >= 0.6 is 0 Å². The first-order chi connectivity index (χ1) is 12.9. The van der Waals surface area contributed by atoms with E-state index in [2.05, 4.69) is 4.90 Å². The van der Waals surface area contributed by atoms with Crippen molar-refractivity contribution in [3.8, 4) is 0 Å². The van der Waals surface area contributed by atoms with E-state index in [9.17, 15) is 18.4 Å². The molecule has 1 heterocycles. The fourth-order valence-electron chi connectivity index (χ4n) is 3.03. The zero-order valence-corrected chi connectivity index (χ0v) is 14.9. The number of para-hydroxylation sites is 1. The number of benzene rings is 2. The minimum absolute atomic E-state index is 0.263. The molecule has 2 aromatic rings. The molecule has 0 saturated carbocycles. The van der Waals surface area contributed by atoms with Gasteiger partial charge in [-0.15, -0.1) is 0 Å². The monoisotopic (exact) mass is 374 g/mol. The van der Waals surface area contributed by atoms with Gasteiger partial charge in [-0.3, -0.25) is 4.79 Å². The van der Waals surface area contributed by atoms with Crippen LogP contribution in [0.2, 0.25) is 0 Å². The molecule has 0 radical (unpaired) electrons. The zero-order chi connectivity index (χ0) is 19.4. The van der Waals surface area contributed by atoms with E-state index in [-0.39, 0.29) is 11.5 Å². The molecule has 0 spiro atoms. The second-order valence-electron chi connectivity index (χ2n) is 6.35. The van der Waals surface area contributed by atoms with Gasteiger partial charge in [-0.25, -0.2) is 13.6 Å². The number of nitrogens with zero attached hydrogens (tertiary/aromatic N) is 2. The molecule has 1 aliphatic rings. The largest absolute Gasteiger partial charge is 0.449 e. The predicted octanol–water partition coefficient (Wildman–Crippen LogP) is 2.86. The number of halogens is 2. The van der Waals surface area contributed by atoms with Crippen LogP contribution in [0.15, 0.2) is 48.5 Å². The molecule has 142 valence electrons. The summed E-state index contributed by atoms with van der Waals surface area (Å²) < 4.78 is 31.5. The summed E-state index contributed by atoms with van der Waals surface area (Å²) in [6, 6.07) is 12.3. The van der Waals surface area contributed by atoms with Crippen LogP contribution in [0.25, 0.3) is 0 Å². The Labute approximate surface area is 156 Å². The van der Waals surface area contributed by atoms with Crippen molar-refractivity contribution in [2.75, 3.05) is 31.1 Å². The first kappa shape index (κ1) is 18.8. The van der Waals surface area contributed by atoms with Gasteiger partial charge >= 0.3 is 5.97 Å².